The zero-order chi connectivity index (χ0) is 16.5. The van der Waals surface area contributed by atoms with Gasteiger partial charge < -0.3 is 11.1 Å². The van der Waals surface area contributed by atoms with Crippen LogP contribution in [0.2, 0.25) is 10.2 Å². The van der Waals surface area contributed by atoms with Crippen molar-refractivity contribution in [2.75, 3.05) is 11.6 Å². The maximum Gasteiger partial charge on any atom is 0.271 e. The molecule has 0 unspecified atom stereocenters. The van der Waals surface area contributed by atoms with Gasteiger partial charge in [0.1, 0.15) is 5.15 Å². The Morgan fingerprint density at radius 2 is 2.00 bits per heavy atom. The number of hydrogen-bond donors (Lipinski definition) is 2. The summed E-state index contributed by atoms with van der Waals surface area (Å²) in [6, 6.07) is 4.18. The molecule has 7 nitrogen and oxygen atoms in total. The lowest BCUT2D eigenvalue weighted by Crippen LogP contribution is -2.16. The number of nitrogens with zero attached hydrogens (tertiary/aromatic N) is 2. The molecular formula is C12H10Cl2N4O3S. The highest BCUT2D eigenvalue weighted by molar-refractivity contribution is 7.90. The molecule has 0 saturated heterocycles. The van der Waals surface area contributed by atoms with Crippen LogP contribution >= 0.6 is 23.2 Å². The summed E-state index contributed by atoms with van der Waals surface area (Å²) < 4.78 is 23.0. The van der Waals surface area contributed by atoms with E-state index in [9.17, 15) is 13.2 Å². The van der Waals surface area contributed by atoms with E-state index in [1.807, 2.05) is 0 Å². The minimum absolute atomic E-state index is 0.00739. The highest BCUT2D eigenvalue weighted by Crippen LogP contribution is 2.27. The Kier molecular flexibility index (Phi) is 4.55. The van der Waals surface area contributed by atoms with Gasteiger partial charge in [0.05, 0.1) is 16.1 Å². The zero-order valence-corrected chi connectivity index (χ0v) is 13.5. The molecule has 0 bridgehead atoms. The quantitative estimate of drug-likeness (QED) is 0.861. The highest BCUT2D eigenvalue weighted by atomic mass is 35.5. The molecule has 3 N–H and O–H groups in total. The average Bonchev–Trinajstić information content (AvgIpc) is 2.36. The number of carbonyl (C=O) groups excluding carboxylic acids is 1. The fourth-order valence-electron chi connectivity index (χ4n) is 1.65. The molecule has 2 rings (SSSR count). The van der Waals surface area contributed by atoms with Gasteiger partial charge in [-0.25, -0.2) is 18.4 Å². The number of rotatable bonds is 4. The second kappa shape index (κ2) is 6.07. The minimum atomic E-state index is -3.43. The monoisotopic (exact) mass is 360 g/mol. The number of carbonyl (C=O) groups is 1. The van der Waals surface area contributed by atoms with E-state index in [2.05, 4.69) is 15.3 Å². The Morgan fingerprint density at radius 3 is 2.55 bits per heavy atom. The number of benzene rings is 1. The van der Waals surface area contributed by atoms with Crippen molar-refractivity contribution in [2.24, 2.45) is 5.73 Å². The second-order valence-electron chi connectivity index (χ2n) is 4.30. The first-order valence-corrected chi connectivity index (χ1v) is 8.42. The van der Waals surface area contributed by atoms with Gasteiger partial charge in [-0.1, -0.05) is 23.2 Å². The molecule has 0 aliphatic carbocycles. The van der Waals surface area contributed by atoms with E-state index >= 15 is 0 Å². The van der Waals surface area contributed by atoms with Crippen molar-refractivity contribution in [3.63, 3.8) is 0 Å². The summed E-state index contributed by atoms with van der Waals surface area (Å²) in [6.07, 6.45) is 2.24. The summed E-state index contributed by atoms with van der Waals surface area (Å²) >= 11 is 11.7. The smallest absolute Gasteiger partial charge is 0.271 e. The van der Waals surface area contributed by atoms with Crippen molar-refractivity contribution < 1.29 is 13.2 Å². The molecule has 1 heterocycles. The molecule has 1 aromatic carbocycles. The summed E-state index contributed by atoms with van der Waals surface area (Å²) in [7, 11) is -3.43. The zero-order valence-electron chi connectivity index (χ0n) is 11.2. The van der Waals surface area contributed by atoms with Crippen LogP contribution in [0.5, 0.6) is 0 Å². The molecule has 0 atom stereocenters. The molecule has 0 radical (unpaired) electrons. The highest BCUT2D eigenvalue weighted by Gasteiger charge is 2.15. The number of amides is 1. The Hall–Kier alpha value is -1.90. The van der Waals surface area contributed by atoms with E-state index in [1.165, 1.54) is 24.4 Å². The average molecular weight is 361 g/mol. The predicted octanol–water partition coefficient (Wildman–Crippen LogP) is 2.03. The van der Waals surface area contributed by atoms with Crippen molar-refractivity contribution in [1.29, 1.82) is 0 Å². The van der Waals surface area contributed by atoms with E-state index in [4.69, 9.17) is 28.9 Å². The Morgan fingerprint density at radius 1 is 1.32 bits per heavy atom. The van der Waals surface area contributed by atoms with Crippen LogP contribution in [0.15, 0.2) is 29.3 Å². The third-order valence-electron chi connectivity index (χ3n) is 2.57. The Labute approximate surface area is 136 Å². The fraction of sp³-hybridized carbons (Fsp3) is 0.0833. The molecule has 22 heavy (non-hydrogen) atoms. The van der Waals surface area contributed by atoms with Gasteiger partial charge >= 0.3 is 0 Å². The number of halogens is 2. The second-order valence-corrected chi connectivity index (χ2v) is 7.08. The molecule has 0 aliphatic rings. The van der Waals surface area contributed by atoms with Gasteiger partial charge in [0.25, 0.3) is 5.91 Å². The SMILES string of the molecule is CS(=O)(=O)c1ccc(Nc2nc(Cl)cnc2C(N)=O)cc1Cl. The lowest BCUT2D eigenvalue weighted by molar-refractivity contribution is 0.0996. The lowest BCUT2D eigenvalue weighted by Gasteiger charge is -2.10. The fourth-order valence-corrected chi connectivity index (χ4v) is 3.11. The summed E-state index contributed by atoms with van der Waals surface area (Å²) in [5, 5.41) is 2.87. The molecule has 0 aliphatic heterocycles. The summed E-state index contributed by atoms with van der Waals surface area (Å²) in [4.78, 5) is 19.0. The van der Waals surface area contributed by atoms with Gasteiger partial charge in [0, 0.05) is 11.9 Å². The number of nitrogens with one attached hydrogen (secondary N) is 1. The van der Waals surface area contributed by atoms with Gasteiger partial charge in [-0.3, -0.25) is 4.79 Å². The maximum atomic E-state index is 11.5. The van der Waals surface area contributed by atoms with E-state index in [1.54, 1.807) is 0 Å². The number of nitrogens with two attached hydrogens (primary N) is 1. The van der Waals surface area contributed by atoms with Crippen molar-refractivity contribution in [3.05, 3.63) is 40.3 Å². The number of primary amides is 1. The maximum absolute atomic E-state index is 11.5. The van der Waals surface area contributed by atoms with Crippen LogP contribution < -0.4 is 11.1 Å². The third-order valence-corrected chi connectivity index (χ3v) is 4.33. The first-order valence-electron chi connectivity index (χ1n) is 5.77. The Balaban J connectivity index is 2.42. The summed E-state index contributed by atoms with van der Waals surface area (Å²) in [5.74, 6) is -0.742. The van der Waals surface area contributed by atoms with Crippen LogP contribution in [0.4, 0.5) is 11.5 Å². The number of aromatic nitrogens is 2. The van der Waals surface area contributed by atoms with Crippen LogP contribution in [0.25, 0.3) is 0 Å². The van der Waals surface area contributed by atoms with Crippen LogP contribution in [-0.2, 0) is 9.84 Å². The van der Waals surface area contributed by atoms with Gasteiger partial charge in [-0.15, -0.1) is 0 Å². The Bertz CT molecular complexity index is 855. The van der Waals surface area contributed by atoms with Crippen molar-refractivity contribution in [3.8, 4) is 0 Å². The van der Waals surface area contributed by atoms with Crippen LogP contribution in [0.1, 0.15) is 10.5 Å². The topological polar surface area (TPSA) is 115 Å². The van der Waals surface area contributed by atoms with E-state index in [-0.39, 0.29) is 26.6 Å². The summed E-state index contributed by atoms with van der Waals surface area (Å²) in [5.41, 5.74) is 5.50. The lowest BCUT2D eigenvalue weighted by atomic mass is 10.3. The number of anilines is 2. The first-order chi connectivity index (χ1) is 10.2. The number of sulfone groups is 1. The third kappa shape index (κ3) is 3.65. The van der Waals surface area contributed by atoms with E-state index in [0.29, 0.717) is 5.69 Å². The molecule has 10 heteroatoms. The van der Waals surface area contributed by atoms with E-state index in [0.717, 1.165) is 6.26 Å². The first kappa shape index (κ1) is 16.5. The van der Waals surface area contributed by atoms with E-state index < -0.39 is 15.7 Å². The predicted molar refractivity (Wildman–Crippen MR) is 83.4 cm³/mol. The molecular weight excluding hydrogens is 351 g/mol. The van der Waals surface area contributed by atoms with Crippen LogP contribution in [-0.4, -0.2) is 30.5 Å². The van der Waals surface area contributed by atoms with Gasteiger partial charge in [-0.2, -0.15) is 0 Å². The van der Waals surface area contributed by atoms with Crippen LogP contribution in [0, 0.1) is 0 Å². The largest absolute Gasteiger partial charge is 0.364 e. The molecule has 0 spiro atoms. The van der Waals surface area contributed by atoms with Gasteiger partial charge in [0.15, 0.2) is 21.3 Å². The minimum Gasteiger partial charge on any atom is -0.364 e. The number of hydrogen-bond acceptors (Lipinski definition) is 6. The molecule has 0 saturated carbocycles. The standard InChI is InChI=1S/C12H10Cl2N4O3S/c1-22(20,21)8-3-2-6(4-7(8)13)17-12-10(11(15)19)16-5-9(14)18-12/h2-5H,1H3,(H2,15,19)(H,17,18). The molecule has 1 aromatic heterocycles. The molecule has 1 amide bonds. The van der Waals surface area contributed by atoms with Crippen LogP contribution in [0.3, 0.4) is 0 Å². The normalized spacial score (nSPS) is 11.2. The van der Waals surface area contributed by atoms with Crippen molar-refractivity contribution in [2.45, 2.75) is 4.90 Å². The van der Waals surface area contributed by atoms with Crippen molar-refractivity contribution in [1.82, 2.24) is 9.97 Å². The van der Waals surface area contributed by atoms with Gasteiger partial charge in [0.2, 0.25) is 0 Å². The molecule has 116 valence electrons. The summed E-state index contributed by atoms with van der Waals surface area (Å²) in [6.45, 7) is 0. The molecule has 0 fully saturated rings. The molecule has 2 aromatic rings. The van der Waals surface area contributed by atoms with Gasteiger partial charge in [-0.05, 0) is 18.2 Å². The van der Waals surface area contributed by atoms with Crippen molar-refractivity contribution >= 4 is 50.5 Å².